The van der Waals surface area contributed by atoms with Gasteiger partial charge in [0.05, 0.1) is 12.4 Å². The molecule has 1 atom stereocenters. The van der Waals surface area contributed by atoms with E-state index >= 15 is 0 Å². The van der Waals surface area contributed by atoms with Gasteiger partial charge < -0.3 is 19.4 Å². The van der Waals surface area contributed by atoms with Crippen LogP contribution in [0.3, 0.4) is 0 Å². The molecule has 0 bridgehead atoms. The molecule has 10 heteroatoms. The van der Waals surface area contributed by atoms with Gasteiger partial charge >= 0.3 is 5.97 Å². The van der Waals surface area contributed by atoms with Gasteiger partial charge in [-0.1, -0.05) is 54.2 Å². The average molecular weight is 565 g/mol. The molecule has 0 saturated heterocycles. The number of esters is 1. The number of rotatable bonds is 11. The van der Waals surface area contributed by atoms with Crippen LogP contribution in [0.5, 0.6) is 5.75 Å². The minimum Gasteiger partial charge on any atom is -0.482 e. The van der Waals surface area contributed by atoms with E-state index in [0.29, 0.717) is 28.1 Å². The number of aromatic nitrogens is 3. The molecule has 1 amide bonds. The third kappa shape index (κ3) is 6.51. The number of anilines is 1. The molecule has 1 N–H and O–H groups in total. The number of aryl methyl sites for hydroxylation is 1. The number of carbonyl (C=O) groups excluding carboxylic acids is 2. The van der Waals surface area contributed by atoms with E-state index < -0.39 is 5.97 Å². The van der Waals surface area contributed by atoms with Crippen LogP contribution in [0, 0.1) is 13.8 Å². The van der Waals surface area contributed by atoms with Gasteiger partial charge in [0.25, 0.3) is 0 Å². The maximum Gasteiger partial charge on any atom is 0.341 e. The summed E-state index contributed by atoms with van der Waals surface area (Å²) in [5.74, 6) is 0.889. The van der Waals surface area contributed by atoms with Crippen molar-refractivity contribution < 1.29 is 19.1 Å². The SMILES string of the molecule is CCOC(=O)c1c(-c2ccccc2)csc1NC(=O)CSc1nnc(C(C)Oc2cccc(C)c2C)n1CC. The Balaban J connectivity index is 1.46. The molecule has 8 nitrogen and oxygen atoms in total. The summed E-state index contributed by atoms with van der Waals surface area (Å²) in [7, 11) is 0. The fourth-order valence-corrected chi connectivity index (χ4v) is 5.86. The second-order valence-electron chi connectivity index (χ2n) is 8.82. The first-order chi connectivity index (χ1) is 18.8. The average Bonchev–Trinajstić information content (AvgIpc) is 3.54. The van der Waals surface area contributed by atoms with Crippen LogP contribution in [0.2, 0.25) is 0 Å². The van der Waals surface area contributed by atoms with Gasteiger partial charge in [-0.3, -0.25) is 4.79 Å². The third-order valence-corrected chi connectivity index (χ3v) is 8.09. The molecular formula is C29H32N4O4S2. The maximum absolute atomic E-state index is 13.0. The number of nitrogens with one attached hydrogen (secondary N) is 1. The third-order valence-electron chi connectivity index (χ3n) is 6.22. The summed E-state index contributed by atoms with van der Waals surface area (Å²) in [4.78, 5) is 25.8. The lowest BCUT2D eigenvalue weighted by atomic mass is 10.0. The van der Waals surface area contributed by atoms with Gasteiger partial charge in [-0.15, -0.1) is 21.5 Å². The zero-order valence-corrected chi connectivity index (χ0v) is 24.3. The Labute approximate surface area is 236 Å². The van der Waals surface area contributed by atoms with Gasteiger partial charge in [-0.05, 0) is 57.4 Å². The fraction of sp³-hybridized carbons (Fsp3) is 0.310. The van der Waals surface area contributed by atoms with E-state index in [9.17, 15) is 9.59 Å². The molecule has 4 aromatic rings. The van der Waals surface area contributed by atoms with E-state index in [1.165, 1.54) is 23.1 Å². The lowest BCUT2D eigenvalue weighted by Gasteiger charge is -2.17. The summed E-state index contributed by atoms with van der Waals surface area (Å²) >= 11 is 2.59. The number of benzene rings is 2. The number of hydrogen-bond donors (Lipinski definition) is 1. The number of carbonyl (C=O) groups is 2. The number of ether oxygens (including phenoxy) is 2. The Morgan fingerprint density at radius 1 is 1.08 bits per heavy atom. The number of amides is 1. The van der Waals surface area contributed by atoms with Crippen molar-refractivity contribution in [3.8, 4) is 16.9 Å². The second-order valence-corrected chi connectivity index (χ2v) is 10.6. The monoisotopic (exact) mass is 564 g/mol. The van der Waals surface area contributed by atoms with Crippen molar-refractivity contribution in [2.45, 2.75) is 52.4 Å². The van der Waals surface area contributed by atoms with Crippen LogP contribution in [0.25, 0.3) is 11.1 Å². The van der Waals surface area contributed by atoms with Crippen LogP contribution in [0.15, 0.2) is 59.1 Å². The van der Waals surface area contributed by atoms with E-state index in [2.05, 4.69) is 28.5 Å². The molecule has 39 heavy (non-hydrogen) atoms. The quantitative estimate of drug-likeness (QED) is 0.160. The highest BCUT2D eigenvalue weighted by Gasteiger charge is 2.24. The van der Waals surface area contributed by atoms with Crippen molar-refractivity contribution in [1.82, 2.24) is 14.8 Å². The van der Waals surface area contributed by atoms with Crippen LogP contribution in [0.1, 0.15) is 54.2 Å². The van der Waals surface area contributed by atoms with Crippen LogP contribution in [0.4, 0.5) is 5.00 Å². The minimum absolute atomic E-state index is 0.102. The minimum atomic E-state index is -0.464. The van der Waals surface area contributed by atoms with Crippen LogP contribution < -0.4 is 10.1 Å². The molecule has 2 aromatic carbocycles. The first kappa shape index (κ1) is 28.4. The van der Waals surface area contributed by atoms with Gasteiger partial charge in [0, 0.05) is 17.5 Å². The summed E-state index contributed by atoms with van der Waals surface area (Å²) in [6, 6.07) is 15.5. The highest BCUT2D eigenvalue weighted by atomic mass is 32.2. The van der Waals surface area contributed by atoms with E-state index in [-0.39, 0.29) is 24.4 Å². The summed E-state index contributed by atoms with van der Waals surface area (Å²) < 4.78 is 13.5. The van der Waals surface area contributed by atoms with E-state index in [1.807, 2.05) is 73.2 Å². The molecule has 0 aliphatic rings. The number of thiophene rings is 1. The molecule has 0 aliphatic carbocycles. The Morgan fingerprint density at radius 3 is 2.56 bits per heavy atom. The second kappa shape index (κ2) is 12.9. The van der Waals surface area contributed by atoms with E-state index in [1.54, 1.807) is 6.92 Å². The topological polar surface area (TPSA) is 95.3 Å². The lowest BCUT2D eigenvalue weighted by molar-refractivity contribution is -0.113. The van der Waals surface area contributed by atoms with Crippen molar-refractivity contribution >= 4 is 40.0 Å². The molecule has 0 spiro atoms. The van der Waals surface area contributed by atoms with Crippen molar-refractivity contribution in [2.75, 3.05) is 17.7 Å². The van der Waals surface area contributed by atoms with Gasteiger partial charge in [0.15, 0.2) is 17.1 Å². The van der Waals surface area contributed by atoms with Crippen molar-refractivity contribution in [1.29, 1.82) is 0 Å². The molecule has 2 aromatic heterocycles. The molecule has 204 valence electrons. The Morgan fingerprint density at radius 2 is 1.85 bits per heavy atom. The van der Waals surface area contributed by atoms with Crippen LogP contribution >= 0.6 is 23.1 Å². The number of hydrogen-bond acceptors (Lipinski definition) is 8. The van der Waals surface area contributed by atoms with Gasteiger partial charge in [0.1, 0.15) is 16.3 Å². The molecule has 0 radical (unpaired) electrons. The summed E-state index contributed by atoms with van der Waals surface area (Å²) in [6.07, 6.45) is -0.323. The van der Waals surface area contributed by atoms with Crippen molar-refractivity contribution in [3.05, 3.63) is 76.4 Å². The summed E-state index contributed by atoms with van der Waals surface area (Å²) in [5.41, 5.74) is 4.22. The molecule has 2 heterocycles. The van der Waals surface area contributed by atoms with Crippen molar-refractivity contribution in [3.63, 3.8) is 0 Å². The molecule has 0 saturated carbocycles. The maximum atomic E-state index is 13.0. The summed E-state index contributed by atoms with van der Waals surface area (Å²) in [5, 5.41) is 14.5. The predicted octanol–water partition coefficient (Wildman–Crippen LogP) is 6.69. The molecule has 0 fully saturated rings. The van der Waals surface area contributed by atoms with Gasteiger partial charge in [-0.2, -0.15) is 0 Å². The molecular weight excluding hydrogens is 532 g/mol. The lowest BCUT2D eigenvalue weighted by Crippen LogP contribution is -2.17. The molecule has 0 aliphatic heterocycles. The van der Waals surface area contributed by atoms with Crippen LogP contribution in [-0.2, 0) is 16.1 Å². The standard InChI is InChI=1S/C29H32N4O4S2/c1-6-33-26(20(5)37-23-15-11-12-18(3)19(23)4)31-32-29(33)39-17-24(34)30-27-25(28(35)36-7-2)22(16-38-27)21-13-9-8-10-14-21/h8-16,20H,6-7,17H2,1-5H3,(H,30,34). The van der Waals surface area contributed by atoms with Crippen molar-refractivity contribution in [2.24, 2.45) is 0 Å². The predicted molar refractivity (Wildman–Crippen MR) is 156 cm³/mol. The molecule has 1 unspecified atom stereocenters. The Kier molecular flexibility index (Phi) is 9.42. The number of nitrogens with zero attached hydrogens (tertiary/aromatic N) is 3. The van der Waals surface area contributed by atoms with Gasteiger partial charge in [0.2, 0.25) is 5.91 Å². The number of thioether (sulfide) groups is 1. The Bertz CT molecular complexity index is 1450. The summed E-state index contributed by atoms with van der Waals surface area (Å²) in [6.45, 7) is 10.7. The fourth-order valence-electron chi connectivity index (χ4n) is 4.08. The first-order valence-corrected chi connectivity index (χ1v) is 14.6. The van der Waals surface area contributed by atoms with Crippen LogP contribution in [-0.4, -0.2) is 39.0 Å². The Hall–Kier alpha value is -3.63. The first-order valence-electron chi connectivity index (χ1n) is 12.8. The van der Waals surface area contributed by atoms with E-state index in [0.717, 1.165) is 28.0 Å². The highest BCUT2D eigenvalue weighted by Crippen LogP contribution is 2.36. The zero-order valence-electron chi connectivity index (χ0n) is 22.7. The largest absolute Gasteiger partial charge is 0.482 e. The molecule has 4 rings (SSSR count). The highest BCUT2D eigenvalue weighted by molar-refractivity contribution is 7.99. The normalized spacial score (nSPS) is 11.7. The van der Waals surface area contributed by atoms with Gasteiger partial charge in [-0.25, -0.2) is 4.79 Å². The van der Waals surface area contributed by atoms with E-state index in [4.69, 9.17) is 9.47 Å². The smallest absolute Gasteiger partial charge is 0.341 e. The zero-order chi connectivity index (χ0) is 27.9.